The van der Waals surface area contributed by atoms with Gasteiger partial charge in [0.1, 0.15) is 6.61 Å². The van der Waals surface area contributed by atoms with Crippen molar-refractivity contribution in [3.8, 4) is 0 Å². The molecule has 2 aromatic carbocycles. The number of hydrogen-bond donors (Lipinski definition) is 1. The quantitative estimate of drug-likeness (QED) is 0.301. The minimum atomic E-state index is -1.08. The Balaban J connectivity index is 1.41. The summed E-state index contributed by atoms with van der Waals surface area (Å²) in [5.74, 6) is -0.262. The Kier molecular flexibility index (Phi) is 9.63. The van der Waals surface area contributed by atoms with Crippen LogP contribution in [0.5, 0.6) is 0 Å². The predicted octanol–water partition coefficient (Wildman–Crippen LogP) is 4.34. The van der Waals surface area contributed by atoms with E-state index in [9.17, 15) is 14.4 Å². The molecule has 11 nitrogen and oxygen atoms in total. The van der Waals surface area contributed by atoms with Crippen LogP contribution in [0.4, 0.5) is 20.3 Å². The second-order valence-corrected chi connectivity index (χ2v) is 11.3. The van der Waals surface area contributed by atoms with Gasteiger partial charge in [-0.15, -0.1) is 0 Å². The van der Waals surface area contributed by atoms with Crippen LogP contribution in [0.2, 0.25) is 0 Å². The van der Waals surface area contributed by atoms with E-state index < -0.39 is 22.6 Å². The number of quaternary nitrogens is 1. The van der Waals surface area contributed by atoms with E-state index in [1.165, 1.54) is 23.3 Å². The number of rotatable bonds is 8. The number of para-hydroxylation sites is 1. The van der Waals surface area contributed by atoms with Crippen molar-refractivity contribution in [3.63, 3.8) is 0 Å². The topological polar surface area (TPSA) is 104 Å². The first-order chi connectivity index (χ1) is 20.9. The summed E-state index contributed by atoms with van der Waals surface area (Å²) in [5.41, 5.74) is 2.67. The number of anilines is 1. The molecule has 43 heavy (non-hydrogen) atoms. The van der Waals surface area contributed by atoms with Crippen LogP contribution in [0.1, 0.15) is 28.4 Å². The molecule has 0 saturated carbocycles. The van der Waals surface area contributed by atoms with E-state index in [4.69, 9.17) is 9.47 Å². The third-order valence-corrected chi connectivity index (χ3v) is 8.54. The lowest BCUT2D eigenvalue weighted by Gasteiger charge is -2.32. The van der Waals surface area contributed by atoms with Crippen molar-refractivity contribution in [1.82, 2.24) is 19.7 Å². The summed E-state index contributed by atoms with van der Waals surface area (Å²) in [6.07, 6.45) is -0.877. The third-order valence-electron chi connectivity index (χ3n) is 7.56. The van der Waals surface area contributed by atoms with Gasteiger partial charge in [0.05, 0.1) is 12.2 Å². The van der Waals surface area contributed by atoms with Crippen LogP contribution in [0.25, 0.3) is 0 Å². The van der Waals surface area contributed by atoms with E-state index in [1.807, 2.05) is 37.3 Å². The van der Waals surface area contributed by atoms with Crippen molar-refractivity contribution < 1.29 is 23.9 Å². The number of carbonyl (C=O) groups is 3. The number of urea groups is 1. The molecule has 2 aliphatic heterocycles. The number of carbonyl (C=O) groups excluding carboxylic acids is 3. The molecule has 1 aromatic heterocycles. The summed E-state index contributed by atoms with van der Waals surface area (Å²) >= 11 is 1.20. The fourth-order valence-corrected chi connectivity index (χ4v) is 6.10. The van der Waals surface area contributed by atoms with Gasteiger partial charge in [0.2, 0.25) is 10.8 Å². The van der Waals surface area contributed by atoms with E-state index in [2.05, 4.69) is 27.3 Å². The molecule has 1 unspecified atom stereocenters. The lowest BCUT2D eigenvalue weighted by Crippen LogP contribution is -2.59. The molecular weight excluding hydrogens is 568 g/mol. The highest BCUT2D eigenvalue weighted by Gasteiger charge is 2.60. The molecule has 2 aliphatic rings. The Morgan fingerprint density at radius 3 is 2.40 bits per heavy atom. The van der Waals surface area contributed by atoms with Crippen LogP contribution >= 0.6 is 11.3 Å². The Labute approximate surface area is 255 Å². The molecule has 5 rings (SSSR count). The van der Waals surface area contributed by atoms with Gasteiger partial charge in [-0.1, -0.05) is 41.7 Å². The van der Waals surface area contributed by atoms with Crippen molar-refractivity contribution in [3.05, 3.63) is 82.7 Å². The van der Waals surface area contributed by atoms with Crippen LogP contribution < -0.4 is 14.8 Å². The number of piperazine rings is 1. The third kappa shape index (κ3) is 6.38. The van der Waals surface area contributed by atoms with Crippen molar-refractivity contribution in [2.45, 2.75) is 13.5 Å². The Bertz CT molecular complexity index is 1470. The zero-order valence-corrected chi connectivity index (χ0v) is 25.5. The zero-order chi connectivity index (χ0) is 30.4. The monoisotopic (exact) mass is 605 g/mol. The molecule has 0 aliphatic carbocycles. The summed E-state index contributed by atoms with van der Waals surface area (Å²) in [5, 5.41) is 9.57. The summed E-state index contributed by atoms with van der Waals surface area (Å²) < 4.78 is 9.47. The first-order valence-electron chi connectivity index (χ1n) is 14.3. The van der Waals surface area contributed by atoms with Crippen LogP contribution in [-0.2, 0) is 16.0 Å². The fourth-order valence-electron chi connectivity index (χ4n) is 5.13. The van der Waals surface area contributed by atoms with Gasteiger partial charge in [-0.2, -0.15) is 4.79 Å². The molecule has 226 valence electrons. The molecule has 3 aromatic rings. The van der Waals surface area contributed by atoms with E-state index >= 15 is 0 Å². The Hall–Kier alpha value is -3.94. The Morgan fingerprint density at radius 1 is 1.00 bits per heavy atom. The molecule has 4 amide bonds. The standard InChI is InChI=1S/C31H36N6O5S/c1-4-36(25-8-6-5-7-9-25)30(39)37(31(40)42-20-19-41-3)29-26(14-21-43-29)27(33-37)32-28(38)24-12-10-23(11-13-24)22-35-17-15-34(2)16-18-35/h5-14,21H,4,15-20,22H2,1-3H3/p+1. The number of fused-ring (bicyclic) bond motifs is 1. The number of ether oxygens (including phenoxy) is 2. The van der Waals surface area contributed by atoms with Gasteiger partial charge < -0.3 is 19.7 Å². The van der Waals surface area contributed by atoms with E-state index in [0.29, 0.717) is 21.8 Å². The molecule has 3 heterocycles. The molecule has 1 atom stereocenters. The van der Waals surface area contributed by atoms with Gasteiger partial charge in [0.25, 0.3) is 5.91 Å². The maximum Gasteiger partial charge on any atom is 0.559 e. The summed E-state index contributed by atoms with van der Waals surface area (Å²) in [6, 6.07) is 17.7. The van der Waals surface area contributed by atoms with Crippen LogP contribution in [0.15, 0.2) is 71.1 Å². The van der Waals surface area contributed by atoms with E-state index in [-0.39, 0.29) is 25.6 Å². The highest BCUT2D eigenvalue weighted by molar-refractivity contribution is 7.14. The molecule has 1 saturated heterocycles. The number of nitrogens with zero attached hydrogens (tertiary/aromatic N) is 5. The molecular formula is C31H37N6O5S+. The molecule has 0 bridgehead atoms. The van der Waals surface area contributed by atoms with Crippen molar-refractivity contribution in [2.75, 3.05) is 65.0 Å². The normalized spacial score (nSPS) is 18.5. The predicted molar refractivity (Wildman–Crippen MR) is 167 cm³/mol. The lowest BCUT2D eigenvalue weighted by molar-refractivity contribution is 0.0806. The van der Waals surface area contributed by atoms with Crippen LogP contribution in [0, 0.1) is 0 Å². The number of nitrogens with one attached hydrogen (secondary N) is 1. The number of thiophene rings is 1. The maximum absolute atomic E-state index is 14.3. The van der Waals surface area contributed by atoms with Crippen molar-refractivity contribution in [1.29, 1.82) is 0 Å². The Morgan fingerprint density at radius 2 is 1.72 bits per heavy atom. The molecule has 1 fully saturated rings. The highest BCUT2D eigenvalue weighted by atomic mass is 32.1. The van der Waals surface area contributed by atoms with Gasteiger partial charge in [-0.05, 0) is 60.3 Å². The molecule has 12 heteroatoms. The SMILES string of the molecule is CCN(C(=O)[N+]1(C(=O)OCCOC)N=C(NC(=O)c2ccc(CN3CCN(C)CC3)cc2)c2ccsc21)c1ccccc1. The number of amides is 4. The van der Waals surface area contributed by atoms with E-state index in [1.54, 1.807) is 35.7 Å². The summed E-state index contributed by atoms with van der Waals surface area (Å²) in [4.78, 5) is 47.6. The van der Waals surface area contributed by atoms with Crippen LogP contribution in [-0.4, -0.2) is 93.8 Å². The number of likely N-dealkylation sites (N-methyl/N-ethyl adjacent to an activating group) is 1. The fraction of sp³-hybridized carbons (Fsp3) is 0.355. The van der Waals surface area contributed by atoms with Gasteiger partial charge in [0.15, 0.2) is 0 Å². The number of methoxy groups -OCH3 is 1. The minimum Gasteiger partial charge on any atom is -0.415 e. The minimum absolute atomic E-state index is 0.0571. The van der Waals surface area contributed by atoms with Crippen molar-refractivity contribution in [2.24, 2.45) is 5.10 Å². The van der Waals surface area contributed by atoms with E-state index in [0.717, 1.165) is 38.3 Å². The van der Waals surface area contributed by atoms with Gasteiger partial charge in [-0.3, -0.25) is 14.6 Å². The molecule has 0 radical (unpaired) electrons. The highest BCUT2D eigenvalue weighted by Crippen LogP contribution is 2.42. The number of benzene rings is 2. The zero-order valence-electron chi connectivity index (χ0n) is 24.7. The second-order valence-electron chi connectivity index (χ2n) is 10.4. The molecule has 1 N–H and O–H groups in total. The smallest absolute Gasteiger partial charge is 0.415 e. The van der Waals surface area contributed by atoms with Gasteiger partial charge in [0, 0.05) is 62.2 Å². The van der Waals surface area contributed by atoms with Gasteiger partial charge >= 0.3 is 12.1 Å². The number of imide groups is 1. The first-order valence-corrected chi connectivity index (χ1v) is 15.2. The summed E-state index contributed by atoms with van der Waals surface area (Å²) in [7, 11) is 3.63. The summed E-state index contributed by atoms with van der Waals surface area (Å²) in [6.45, 7) is 7.12. The van der Waals surface area contributed by atoms with Gasteiger partial charge in [-0.25, -0.2) is 4.79 Å². The van der Waals surface area contributed by atoms with Crippen molar-refractivity contribution >= 4 is 45.9 Å². The maximum atomic E-state index is 14.3. The average molecular weight is 606 g/mol. The number of hydrogen-bond acceptors (Lipinski definition) is 9. The largest absolute Gasteiger partial charge is 0.559 e. The molecule has 0 spiro atoms. The average Bonchev–Trinajstić information content (AvgIpc) is 3.63. The van der Waals surface area contributed by atoms with Crippen LogP contribution in [0.3, 0.4) is 0 Å². The first kappa shape index (κ1) is 30.5. The lowest BCUT2D eigenvalue weighted by atomic mass is 10.1. The second kappa shape index (κ2) is 13.6. The number of amidine groups is 1.